The number of anilines is 1. The zero-order chi connectivity index (χ0) is 18.6. The average molecular weight is 347 g/mol. The third-order valence-electron chi connectivity index (χ3n) is 4.03. The first-order valence-corrected chi connectivity index (χ1v) is 8.37. The molecule has 7 heteroatoms. The minimum atomic E-state index is -0.816. The van der Waals surface area contributed by atoms with E-state index in [1.165, 1.54) is 0 Å². The molecule has 136 valence electrons. The van der Waals surface area contributed by atoms with E-state index in [1.54, 1.807) is 29.2 Å². The SMILES string of the molecule is CC(C)(C)NC(=O)c1ccccc1NC(=O)N1CCC(C(=O)O)CC1. The van der Waals surface area contributed by atoms with Crippen LogP contribution in [0.3, 0.4) is 0 Å². The van der Waals surface area contributed by atoms with Crippen LogP contribution in [0.1, 0.15) is 44.0 Å². The molecule has 1 heterocycles. The van der Waals surface area contributed by atoms with Crippen molar-refractivity contribution >= 4 is 23.6 Å². The molecule has 0 saturated carbocycles. The van der Waals surface area contributed by atoms with Crippen molar-refractivity contribution in [3.63, 3.8) is 0 Å². The van der Waals surface area contributed by atoms with E-state index >= 15 is 0 Å². The Morgan fingerprint density at radius 3 is 2.28 bits per heavy atom. The average Bonchev–Trinajstić information content (AvgIpc) is 2.53. The van der Waals surface area contributed by atoms with Crippen LogP contribution in [0.25, 0.3) is 0 Å². The Kier molecular flexibility index (Phi) is 5.66. The molecule has 0 aromatic heterocycles. The molecular weight excluding hydrogens is 322 g/mol. The number of carbonyl (C=O) groups excluding carboxylic acids is 2. The zero-order valence-electron chi connectivity index (χ0n) is 14.8. The number of para-hydroxylation sites is 1. The third kappa shape index (κ3) is 5.20. The van der Waals surface area contributed by atoms with Crippen LogP contribution in [0.5, 0.6) is 0 Å². The van der Waals surface area contributed by atoms with E-state index in [4.69, 9.17) is 5.11 Å². The Labute approximate surface area is 147 Å². The van der Waals surface area contributed by atoms with Crippen LogP contribution < -0.4 is 10.6 Å². The molecule has 0 bridgehead atoms. The molecule has 25 heavy (non-hydrogen) atoms. The second-order valence-electron chi connectivity index (χ2n) is 7.28. The number of likely N-dealkylation sites (tertiary alicyclic amines) is 1. The molecule has 1 aliphatic heterocycles. The van der Waals surface area contributed by atoms with E-state index in [-0.39, 0.29) is 17.5 Å². The Morgan fingerprint density at radius 2 is 1.72 bits per heavy atom. The first kappa shape index (κ1) is 18.8. The standard InChI is InChI=1S/C18H25N3O4/c1-18(2,3)20-15(22)13-6-4-5-7-14(13)19-17(25)21-10-8-12(9-11-21)16(23)24/h4-7,12H,8-11H2,1-3H3,(H,19,25)(H,20,22)(H,23,24). The van der Waals surface area contributed by atoms with Crippen LogP contribution >= 0.6 is 0 Å². The highest BCUT2D eigenvalue weighted by atomic mass is 16.4. The quantitative estimate of drug-likeness (QED) is 0.782. The van der Waals surface area contributed by atoms with E-state index < -0.39 is 11.9 Å². The summed E-state index contributed by atoms with van der Waals surface area (Å²) in [6, 6.07) is 6.51. The Hall–Kier alpha value is -2.57. The molecule has 7 nitrogen and oxygen atoms in total. The summed E-state index contributed by atoms with van der Waals surface area (Å²) >= 11 is 0. The van der Waals surface area contributed by atoms with Gasteiger partial charge in [0.25, 0.3) is 5.91 Å². The van der Waals surface area contributed by atoms with Gasteiger partial charge in [0, 0.05) is 18.6 Å². The molecule has 2 rings (SSSR count). The van der Waals surface area contributed by atoms with E-state index in [1.807, 2.05) is 20.8 Å². The van der Waals surface area contributed by atoms with Crippen molar-refractivity contribution in [2.75, 3.05) is 18.4 Å². The van der Waals surface area contributed by atoms with Gasteiger partial charge < -0.3 is 20.6 Å². The van der Waals surface area contributed by atoms with Crippen molar-refractivity contribution in [3.8, 4) is 0 Å². The van der Waals surface area contributed by atoms with Gasteiger partial charge >= 0.3 is 12.0 Å². The lowest BCUT2D eigenvalue weighted by Crippen LogP contribution is -2.43. The summed E-state index contributed by atoms with van der Waals surface area (Å²) in [5, 5.41) is 14.7. The lowest BCUT2D eigenvalue weighted by molar-refractivity contribution is -0.143. The number of carboxylic acid groups (broad SMARTS) is 1. The number of benzene rings is 1. The van der Waals surface area contributed by atoms with Gasteiger partial charge in [0.05, 0.1) is 17.2 Å². The van der Waals surface area contributed by atoms with Crippen LogP contribution in [0.2, 0.25) is 0 Å². The third-order valence-corrected chi connectivity index (χ3v) is 4.03. The minimum Gasteiger partial charge on any atom is -0.481 e. The molecule has 0 aliphatic carbocycles. The summed E-state index contributed by atoms with van der Waals surface area (Å²) in [4.78, 5) is 37.4. The highest BCUT2D eigenvalue weighted by molar-refractivity contribution is 6.03. The molecule has 1 saturated heterocycles. The fourth-order valence-corrected chi connectivity index (χ4v) is 2.72. The number of amides is 3. The molecule has 1 aliphatic rings. The Bertz CT molecular complexity index is 659. The summed E-state index contributed by atoms with van der Waals surface area (Å²) < 4.78 is 0. The number of carbonyl (C=O) groups is 3. The van der Waals surface area contributed by atoms with Gasteiger partial charge in [0.2, 0.25) is 0 Å². The predicted molar refractivity (Wildman–Crippen MR) is 94.6 cm³/mol. The number of aliphatic carboxylic acids is 1. The van der Waals surface area contributed by atoms with E-state index in [0.717, 1.165) is 0 Å². The number of rotatable bonds is 3. The molecule has 0 atom stereocenters. The summed E-state index contributed by atoms with van der Waals surface area (Å²) in [6.45, 7) is 6.44. The van der Waals surface area contributed by atoms with Gasteiger partial charge in [-0.3, -0.25) is 9.59 Å². The van der Waals surface area contributed by atoms with Gasteiger partial charge in [-0.1, -0.05) is 12.1 Å². The van der Waals surface area contributed by atoms with Crippen molar-refractivity contribution < 1.29 is 19.5 Å². The largest absolute Gasteiger partial charge is 0.481 e. The molecule has 0 radical (unpaired) electrons. The summed E-state index contributed by atoms with van der Waals surface area (Å²) in [5.41, 5.74) is 0.452. The zero-order valence-corrected chi connectivity index (χ0v) is 14.8. The van der Waals surface area contributed by atoms with Crippen molar-refractivity contribution in [1.29, 1.82) is 0 Å². The van der Waals surface area contributed by atoms with Crippen molar-refractivity contribution in [1.82, 2.24) is 10.2 Å². The van der Waals surface area contributed by atoms with Gasteiger partial charge in [-0.25, -0.2) is 4.79 Å². The summed E-state index contributed by atoms with van der Waals surface area (Å²) in [7, 11) is 0. The van der Waals surface area contributed by atoms with Gasteiger partial charge in [-0.05, 0) is 45.7 Å². The first-order chi connectivity index (χ1) is 11.7. The number of piperidine rings is 1. The van der Waals surface area contributed by atoms with Gasteiger partial charge in [0.1, 0.15) is 0 Å². The molecule has 0 unspecified atom stereocenters. The first-order valence-electron chi connectivity index (χ1n) is 8.37. The molecule has 1 fully saturated rings. The fraction of sp³-hybridized carbons (Fsp3) is 0.500. The number of nitrogens with one attached hydrogen (secondary N) is 2. The molecule has 1 aromatic rings. The smallest absolute Gasteiger partial charge is 0.321 e. The Balaban J connectivity index is 2.04. The molecule has 3 amide bonds. The maximum absolute atomic E-state index is 12.4. The number of urea groups is 1. The number of nitrogens with zero attached hydrogens (tertiary/aromatic N) is 1. The van der Waals surface area contributed by atoms with Crippen LogP contribution in [0.4, 0.5) is 10.5 Å². The van der Waals surface area contributed by atoms with E-state index in [2.05, 4.69) is 10.6 Å². The normalized spacial score (nSPS) is 15.6. The lowest BCUT2D eigenvalue weighted by Gasteiger charge is -2.30. The van der Waals surface area contributed by atoms with Crippen molar-refractivity contribution in [2.24, 2.45) is 5.92 Å². The number of carboxylic acids is 1. The summed E-state index contributed by atoms with van der Waals surface area (Å²) in [6.07, 6.45) is 0.879. The number of hydrogen-bond donors (Lipinski definition) is 3. The highest BCUT2D eigenvalue weighted by Crippen LogP contribution is 2.20. The van der Waals surface area contributed by atoms with Crippen LogP contribution in [-0.2, 0) is 4.79 Å². The second kappa shape index (κ2) is 7.55. The molecular formula is C18H25N3O4. The predicted octanol–water partition coefficient (Wildman–Crippen LogP) is 2.54. The fourth-order valence-electron chi connectivity index (χ4n) is 2.72. The lowest BCUT2D eigenvalue weighted by atomic mass is 9.97. The molecule has 1 aromatic carbocycles. The maximum atomic E-state index is 12.4. The minimum absolute atomic E-state index is 0.256. The topological polar surface area (TPSA) is 98.7 Å². The van der Waals surface area contributed by atoms with Crippen LogP contribution in [0, 0.1) is 5.92 Å². The van der Waals surface area contributed by atoms with E-state index in [9.17, 15) is 14.4 Å². The number of hydrogen-bond acceptors (Lipinski definition) is 3. The maximum Gasteiger partial charge on any atom is 0.321 e. The molecule has 0 spiro atoms. The Morgan fingerprint density at radius 1 is 1.12 bits per heavy atom. The van der Waals surface area contributed by atoms with Crippen LogP contribution in [-0.4, -0.2) is 46.5 Å². The second-order valence-corrected chi connectivity index (χ2v) is 7.28. The van der Waals surface area contributed by atoms with Gasteiger partial charge in [-0.2, -0.15) is 0 Å². The van der Waals surface area contributed by atoms with E-state index in [0.29, 0.717) is 37.2 Å². The summed E-state index contributed by atoms with van der Waals surface area (Å²) in [5.74, 6) is -1.47. The van der Waals surface area contributed by atoms with Crippen molar-refractivity contribution in [2.45, 2.75) is 39.2 Å². The van der Waals surface area contributed by atoms with Crippen molar-refractivity contribution in [3.05, 3.63) is 29.8 Å². The highest BCUT2D eigenvalue weighted by Gasteiger charge is 2.27. The monoisotopic (exact) mass is 347 g/mol. The van der Waals surface area contributed by atoms with Crippen LogP contribution in [0.15, 0.2) is 24.3 Å². The molecule has 3 N–H and O–H groups in total. The van der Waals surface area contributed by atoms with Gasteiger partial charge in [0.15, 0.2) is 0 Å². The van der Waals surface area contributed by atoms with Gasteiger partial charge in [-0.15, -0.1) is 0 Å².